The van der Waals surface area contributed by atoms with Crippen molar-refractivity contribution in [2.75, 3.05) is 40.1 Å². The Morgan fingerprint density at radius 1 is 0.956 bits per heavy atom. The van der Waals surface area contributed by atoms with E-state index in [1.54, 1.807) is 48.7 Å². The predicted molar refractivity (Wildman–Crippen MR) is 169 cm³/mol. The minimum atomic E-state index is -1.02. The molecule has 4 aliphatic rings. The maximum absolute atomic E-state index is 13.4. The molecule has 238 valence electrons. The molecular formula is C35H40N2O8. The lowest BCUT2D eigenvalue weighted by molar-refractivity contribution is -0.185. The molecule has 0 radical (unpaired) electrons. The summed E-state index contributed by atoms with van der Waals surface area (Å²) in [5.74, 6) is 6.80. The number of benzene rings is 1. The standard InChI is InChI=1S/C35H40N2O8/c1-32(2,3)44-30(38)37(31(39)45-33(4,5)6)29-36-35(23-43-29)27-19-26(15-16-28(27)42-22-34(35)20-41-21-34)25-14-10-8-9-12-24(18-25)13-11-17-40-7/h8-10,12,14-16,18-19H,17,20-23H2,1-7H3/b9-8?,10-8+,12-9+,14-10?,24-12?,24-18+,25-14+,25-18?. The van der Waals surface area contributed by atoms with Crippen LogP contribution in [0.25, 0.3) is 5.57 Å². The zero-order valence-electron chi connectivity index (χ0n) is 26.9. The lowest BCUT2D eigenvalue weighted by Crippen LogP contribution is -2.63. The first kappa shape index (κ1) is 32.1. The second kappa shape index (κ2) is 12.2. The summed E-state index contributed by atoms with van der Waals surface area (Å²) in [4.78, 5) is 32.6. The molecule has 1 saturated heterocycles. The number of fused-ring (bicyclic) bond motifs is 3. The average Bonchev–Trinajstić information content (AvgIpc) is 3.32. The summed E-state index contributed by atoms with van der Waals surface area (Å²) in [7, 11) is 1.61. The zero-order valence-corrected chi connectivity index (χ0v) is 26.9. The summed E-state index contributed by atoms with van der Waals surface area (Å²) in [6, 6.07) is 5.72. The fourth-order valence-corrected chi connectivity index (χ4v) is 5.33. The zero-order chi connectivity index (χ0) is 32.5. The van der Waals surface area contributed by atoms with E-state index in [-0.39, 0.29) is 12.6 Å². The quantitative estimate of drug-likeness (QED) is 0.377. The van der Waals surface area contributed by atoms with Crippen molar-refractivity contribution in [1.29, 1.82) is 0 Å². The van der Waals surface area contributed by atoms with Gasteiger partial charge in [-0.25, -0.2) is 14.6 Å². The first-order chi connectivity index (χ1) is 21.3. The van der Waals surface area contributed by atoms with Crippen molar-refractivity contribution in [2.45, 2.75) is 58.3 Å². The topological polar surface area (TPSA) is 105 Å². The van der Waals surface area contributed by atoms with E-state index in [1.165, 1.54) is 0 Å². The Morgan fingerprint density at radius 3 is 2.29 bits per heavy atom. The number of methoxy groups -OCH3 is 1. The van der Waals surface area contributed by atoms with Crippen molar-refractivity contribution in [1.82, 2.24) is 4.90 Å². The number of amides is 2. The molecule has 1 aliphatic carbocycles. The van der Waals surface area contributed by atoms with E-state index < -0.39 is 34.3 Å². The van der Waals surface area contributed by atoms with Crippen LogP contribution in [-0.2, 0) is 29.2 Å². The van der Waals surface area contributed by atoms with Gasteiger partial charge >= 0.3 is 18.2 Å². The Bertz CT molecular complexity index is 1540. The first-order valence-corrected chi connectivity index (χ1v) is 14.8. The molecule has 0 saturated carbocycles. The number of aliphatic imine (C=N–C) groups is 1. The molecule has 1 aromatic carbocycles. The monoisotopic (exact) mass is 616 g/mol. The van der Waals surface area contributed by atoms with Gasteiger partial charge in [0.2, 0.25) is 0 Å². The summed E-state index contributed by atoms with van der Waals surface area (Å²) in [5.41, 5.74) is 0.0465. The smallest absolute Gasteiger partial charge is 0.428 e. The Hall–Kier alpha value is -4.33. The summed E-state index contributed by atoms with van der Waals surface area (Å²) >= 11 is 0. The van der Waals surface area contributed by atoms with Gasteiger partial charge in [-0.2, -0.15) is 0 Å². The van der Waals surface area contributed by atoms with Gasteiger partial charge in [-0.05, 0) is 77.0 Å². The molecule has 2 spiro atoms. The minimum absolute atomic E-state index is 0.0544. The van der Waals surface area contributed by atoms with Gasteiger partial charge in [-0.15, -0.1) is 4.90 Å². The molecule has 0 aromatic heterocycles. The van der Waals surface area contributed by atoms with E-state index in [0.29, 0.717) is 32.2 Å². The van der Waals surface area contributed by atoms with E-state index >= 15 is 0 Å². The Morgan fingerprint density at radius 2 is 1.67 bits per heavy atom. The maximum atomic E-state index is 13.4. The third-order valence-corrected chi connectivity index (χ3v) is 7.47. The molecule has 45 heavy (non-hydrogen) atoms. The highest BCUT2D eigenvalue weighted by Gasteiger charge is 2.65. The molecule has 1 fully saturated rings. The molecule has 2 amide bonds. The predicted octanol–water partition coefficient (Wildman–Crippen LogP) is 5.93. The van der Waals surface area contributed by atoms with Crippen LogP contribution in [0.15, 0.2) is 65.2 Å². The normalized spacial score (nSPS) is 25.1. The van der Waals surface area contributed by atoms with Crippen LogP contribution in [-0.4, -0.2) is 74.5 Å². The minimum Gasteiger partial charge on any atom is -0.492 e. The number of carbonyl (C=O) groups excluding carboxylic acids is 2. The van der Waals surface area contributed by atoms with Crippen molar-refractivity contribution in [3.63, 3.8) is 0 Å². The van der Waals surface area contributed by atoms with Gasteiger partial charge in [0.15, 0.2) is 0 Å². The Kier molecular flexibility index (Phi) is 8.71. The first-order valence-electron chi connectivity index (χ1n) is 14.8. The van der Waals surface area contributed by atoms with Crippen molar-refractivity contribution in [3.8, 4) is 17.6 Å². The van der Waals surface area contributed by atoms with Crippen LogP contribution in [0.2, 0.25) is 0 Å². The molecule has 5 rings (SSSR count). The molecule has 0 N–H and O–H groups in total. The second-order valence-electron chi connectivity index (χ2n) is 13.3. The number of allylic oxidation sites excluding steroid dienone is 8. The number of carbonyl (C=O) groups is 2. The SMILES string of the molecule is COCC#CC1=C/C(c2ccc3c(c2)C2(COC(N(C(=O)OC(C)(C)C)C(=O)OC(C)(C)C)=N2)C2(COC2)CO3)=C\C=C\C=C\1. The molecule has 3 aliphatic heterocycles. The third-order valence-electron chi connectivity index (χ3n) is 7.47. The summed E-state index contributed by atoms with van der Waals surface area (Å²) < 4.78 is 34.4. The van der Waals surface area contributed by atoms with Crippen molar-refractivity contribution in [2.24, 2.45) is 10.4 Å². The van der Waals surface area contributed by atoms with Crippen molar-refractivity contribution in [3.05, 3.63) is 71.4 Å². The van der Waals surface area contributed by atoms with Crippen LogP contribution in [0.4, 0.5) is 9.59 Å². The number of nitrogens with zero attached hydrogens (tertiary/aromatic N) is 2. The van der Waals surface area contributed by atoms with Crippen LogP contribution in [0, 0.1) is 17.3 Å². The summed E-state index contributed by atoms with van der Waals surface area (Å²) in [5, 5.41) is 0. The third kappa shape index (κ3) is 6.70. The summed E-state index contributed by atoms with van der Waals surface area (Å²) in [6.45, 7) is 11.7. The van der Waals surface area contributed by atoms with E-state index in [1.807, 2.05) is 54.7 Å². The van der Waals surface area contributed by atoms with Crippen LogP contribution in [0.5, 0.6) is 5.75 Å². The Balaban J connectivity index is 1.61. The maximum Gasteiger partial charge on any atom is 0.428 e. The van der Waals surface area contributed by atoms with Crippen molar-refractivity contribution < 1.29 is 38.0 Å². The second-order valence-corrected chi connectivity index (χ2v) is 13.3. The van der Waals surface area contributed by atoms with Gasteiger partial charge in [0.1, 0.15) is 42.3 Å². The van der Waals surface area contributed by atoms with E-state index in [0.717, 1.165) is 27.2 Å². The fourth-order valence-electron chi connectivity index (χ4n) is 5.33. The van der Waals surface area contributed by atoms with Gasteiger partial charge in [0.05, 0.1) is 18.6 Å². The highest BCUT2D eigenvalue weighted by atomic mass is 16.6. The molecule has 1 aromatic rings. The fraction of sp³-hybridized carbons (Fsp3) is 0.457. The van der Waals surface area contributed by atoms with Gasteiger partial charge in [-0.3, -0.25) is 0 Å². The lowest BCUT2D eigenvalue weighted by Gasteiger charge is -2.53. The van der Waals surface area contributed by atoms with Gasteiger partial charge in [-0.1, -0.05) is 42.2 Å². The highest BCUT2D eigenvalue weighted by molar-refractivity contribution is 6.06. The molecule has 10 nitrogen and oxygen atoms in total. The van der Waals surface area contributed by atoms with E-state index in [4.69, 9.17) is 33.4 Å². The summed E-state index contributed by atoms with van der Waals surface area (Å²) in [6.07, 6.45) is 9.91. The molecular weight excluding hydrogens is 576 g/mol. The number of rotatable bonds is 2. The molecule has 0 bridgehead atoms. The molecule has 10 heteroatoms. The Labute approximate surface area is 264 Å². The van der Waals surface area contributed by atoms with Crippen LogP contribution in [0.3, 0.4) is 0 Å². The van der Waals surface area contributed by atoms with Gasteiger partial charge in [0, 0.05) is 18.2 Å². The number of imide groups is 1. The van der Waals surface area contributed by atoms with E-state index in [2.05, 4.69) is 11.8 Å². The lowest BCUT2D eigenvalue weighted by atomic mass is 9.64. The highest BCUT2D eigenvalue weighted by Crippen LogP contribution is 2.56. The molecule has 1 unspecified atom stereocenters. The van der Waals surface area contributed by atoms with E-state index in [9.17, 15) is 9.59 Å². The van der Waals surface area contributed by atoms with Gasteiger partial charge in [0.25, 0.3) is 0 Å². The van der Waals surface area contributed by atoms with Crippen LogP contribution in [0.1, 0.15) is 52.7 Å². The van der Waals surface area contributed by atoms with Crippen molar-refractivity contribution >= 4 is 23.8 Å². The number of amidine groups is 1. The number of ether oxygens (including phenoxy) is 6. The number of hydrogen-bond acceptors (Lipinski definition) is 9. The van der Waals surface area contributed by atoms with Crippen LogP contribution >= 0.6 is 0 Å². The van der Waals surface area contributed by atoms with Gasteiger partial charge < -0.3 is 28.4 Å². The average molecular weight is 617 g/mol. The molecule has 3 heterocycles. The largest absolute Gasteiger partial charge is 0.492 e. The van der Waals surface area contributed by atoms with Crippen LogP contribution < -0.4 is 4.74 Å². The number of hydrogen-bond donors (Lipinski definition) is 0. The molecule has 1 atom stereocenters.